The van der Waals surface area contributed by atoms with Gasteiger partial charge < -0.3 is 88.1 Å². The van der Waals surface area contributed by atoms with Gasteiger partial charge in [0.05, 0.1) is 67.0 Å². The molecule has 652 valence electrons. The molecule has 1 aliphatic heterocycles. The number of hydrogen-bond donors (Lipinski definition) is 11. The van der Waals surface area contributed by atoms with Gasteiger partial charge in [-0.05, 0) is 126 Å². The van der Waals surface area contributed by atoms with E-state index < -0.39 is 126 Å². The van der Waals surface area contributed by atoms with E-state index in [1.165, 1.54) is 26.0 Å². The van der Waals surface area contributed by atoms with Crippen LogP contribution in [0.5, 0.6) is 0 Å². The highest BCUT2D eigenvalue weighted by Gasteiger charge is 2.44. The van der Waals surface area contributed by atoms with Gasteiger partial charge in [-0.1, -0.05) is 156 Å². The molecule has 117 heavy (non-hydrogen) atoms. The van der Waals surface area contributed by atoms with Crippen LogP contribution in [0.3, 0.4) is 0 Å². The Balaban J connectivity index is 1.28. The summed E-state index contributed by atoms with van der Waals surface area (Å²) in [6, 6.07) is 10.5. The Bertz CT molecular complexity index is 3700. The highest BCUT2D eigenvalue weighted by molar-refractivity contribution is 7.98. The predicted molar refractivity (Wildman–Crippen MR) is 456 cm³/mol. The number of nitrogens with zero attached hydrogens (tertiary/aromatic N) is 5. The number of hydrogen-bond acceptors (Lipinski definition) is 21. The molecule has 12 atom stereocenters. The van der Waals surface area contributed by atoms with E-state index >= 15 is 0 Å². The number of methoxy groups -OCH3 is 2. The van der Waals surface area contributed by atoms with Crippen LogP contribution in [0.2, 0.25) is 0 Å². The van der Waals surface area contributed by atoms with E-state index in [9.17, 15) is 47.9 Å². The van der Waals surface area contributed by atoms with Crippen LogP contribution in [-0.4, -0.2) is 238 Å². The Morgan fingerprint density at radius 1 is 0.735 bits per heavy atom. The molecule has 2 heterocycles. The van der Waals surface area contributed by atoms with Crippen molar-refractivity contribution < 1.29 is 66.9 Å². The Morgan fingerprint density at radius 2 is 1.39 bits per heavy atom. The van der Waals surface area contributed by atoms with Gasteiger partial charge in [-0.15, -0.1) is 0 Å². The number of carbonyl (C=O) groups excluding carboxylic acids is 10. The van der Waals surface area contributed by atoms with E-state index in [2.05, 4.69) is 69.7 Å². The first-order valence-corrected chi connectivity index (χ1v) is 42.4. The lowest BCUT2D eigenvalue weighted by Gasteiger charge is -2.41. The normalized spacial score (nSPS) is 16.2. The summed E-state index contributed by atoms with van der Waals surface area (Å²) in [5.74, 6) is 0.421. The molecule has 1 fully saturated rings. The van der Waals surface area contributed by atoms with Crippen molar-refractivity contribution in [2.75, 3.05) is 99.5 Å². The summed E-state index contributed by atoms with van der Waals surface area (Å²) < 4.78 is 24.1. The molecular weight excluding hydrogens is 1510 g/mol. The fourth-order valence-corrected chi connectivity index (χ4v) is 14.2. The van der Waals surface area contributed by atoms with Crippen molar-refractivity contribution in [2.45, 2.75) is 239 Å². The summed E-state index contributed by atoms with van der Waals surface area (Å²) in [5.41, 5.74) is 14.1. The first-order chi connectivity index (χ1) is 55.5. The van der Waals surface area contributed by atoms with E-state index in [0.717, 1.165) is 11.1 Å². The summed E-state index contributed by atoms with van der Waals surface area (Å²) in [4.78, 5) is 152. The zero-order valence-electron chi connectivity index (χ0n) is 72.9. The molecule has 2 aromatic carbocycles. The molecule has 31 heteroatoms. The van der Waals surface area contributed by atoms with Crippen molar-refractivity contribution in [3.05, 3.63) is 95.6 Å². The van der Waals surface area contributed by atoms with Crippen LogP contribution in [0.1, 0.15) is 177 Å². The van der Waals surface area contributed by atoms with Gasteiger partial charge in [0.1, 0.15) is 37.4 Å². The number of likely N-dealkylation sites (tertiary alicyclic amines) is 1. The van der Waals surface area contributed by atoms with Crippen molar-refractivity contribution >= 4 is 76.5 Å². The zero-order chi connectivity index (χ0) is 87.1. The van der Waals surface area contributed by atoms with Crippen molar-refractivity contribution in [3.8, 4) is 11.8 Å². The molecular formula is C86H138N16O14S. The first-order valence-electron chi connectivity index (χ1n) is 41.1. The molecule has 3 unspecified atom stereocenters. The molecule has 4 rings (SSSR count). The summed E-state index contributed by atoms with van der Waals surface area (Å²) in [6.07, 6.45) is 10.8. The molecule has 10 amide bonds. The van der Waals surface area contributed by atoms with Crippen molar-refractivity contribution in [3.63, 3.8) is 0 Å². The van der Waals surface area contributed by atoms with Gasteiger partial charge in [0.2, 0.25) is 59.1 Å². The molecule has 0 aliphatic carbocycles. The molecule has 1 aliphatic rings. The maximum absolute atomic E-state index is 14.7. The quantitative estimate of drug-likeness (QED) is 0.0134. The van der Waals surface area contributed by atoms with E-state index in [-0.39, 0.29) is 86.8 Å². The molecule has 1 saturated heterocycles. The lowest BCUT2D eigenvalue weighted by Crippen LogP contribution is -2.59. The average molecular weight is 1650 g/mol. The number of anilines is 1. The van der Waals surface area contributed by atoms with E-state index in [1.54, 1.807) is 80.5 Å². The lowest BCUT2D eigenvalue weighted by molar-refractivity contribution is -0.148. The van der Waals surface area contributed by atoms with Gasteiger partial charge in [-0.25, -0.2) is 9.97 Å². The number of ether oxygens (including phenoxy) is 4. The second kappa shape index (κ2) is 51.5. The van der Waals surface area contributed by atoms with Gasteiger partial charge in [0, 0.05) is 102 Å². The monoisotopic (exact) mass is 1650 g/mol. The molecule has 1 aromatic heterocycles. The largest absolute Gasteiger partial charge is 0.399 e. The summed E-state index contributed by atoms with van der Waals surface area (Å²) in [6.45, 7) is 26.0. The molecule has 0 bridgehead atoms. The second-order valence-electron chi connectivity index (χ2n) is 32.7. The van der Waals surface area contributed by atoms with Gasteiger partial charge in [0.25, 0.3) is 0 Å². The second-order valence-corrected chi connectivity index (χ2v) is 33.5. The van der Waals surface area contributed by atoms with Crippen LogP contribution in [0.15, 0.2) is 84.0 Å². The third-order valence-corrected chi connectivity index (χ3v) is 21.8. The van der Waals surface area contributed by atoms with Crippen LogP contribution >= 0.6 is 11.8 Å². The maximum Gasteiger partial charge on any atom is 0.246 e. The number of rotatable bonds is 52. The third-order valence-electron chi connectivity index (χ3n) is 21.3. The average Bonchev–Trinajstić information content (AvgIpc) is 1.79. The number of aromatic nitrogens is 2. The molecule has 3 aromatic rings. The summed E-state index contributed by atoms with van der Waals surface area (Å²) in [5, 5.41) is 26.9. The minimum Gasteiger partial charge on any atom is -0.399 e. The van der Waals surface area contributed by atoms with Crippen LogP contribution < -0.4 is 59.3 Å². The highest BCUT2D eigenvalue weighted by atomic mass is 32.2. The number of benzene rings is 2. The zero-order valence-corrected chi connectivity index (χ0v) is 73.7. The summed E-state index contributed by atoms with van der Waals surface area (Å²) >= 11 is 1.46. The fraction of sp³-hybridized carbons (Fsp3) is 0.651. The predicted octanol–water partition coefficient (Wildman–Crippen LogP) is 5.95. The molecule has 0 spiro atoms. The van der Waals surface area contributed by atoms with Gasteiger partial charge in [0.15, 0.2) is 5.16 Å². The van der Waals surface area contributed by atoms with Crippen molar-refractivity contribution in [2.24, 2.45) is 46.5 Å². The van der Waals surface area contributed by atoms with Crippen LogP contribution in [0.25, 0.3) is 0 Å². The summed E-state index contributed by atoms with van der Waals surface area (Å²) in [7, 11) is 8.42. The number of carbonyl (C=O) groups is 10. The Labute approximate surface area is 699 Å². The smallest absolute Gasteiger partial charge is 0.246 e. The first kappa shape index (κ1) is 101. The van der Waals surface area contributed by atoms with Gasteiger partial charge in [-0.2, -0.15) is 0 Å². The lowest BCUT2D eigenvalue weighted by atomic mass is 9.89. The molecule has 0 saturated carbocycles. The Hall–Kier alpha value is -8.77. The number of nitrogens with one attached hydrogen (secondary N) is 9. The molecule has 0 radical (unpaired) electrons. The van der Waals surface area contributed by atoms with Gasteiger partial charge >= 0.3 is 0 Å². The van der Waals surface area contributed by atoms with E-state index in [1.807, 2.05) is 125 Å². The Kier molecular flexibility index (Phi) is 44.3. The standard InChI is InChI=1S/C86H138N16O14S/c1-20-58(9)76(101(16)83(112)74(56(5)6)99-82(111)75(57(7)8)100(14)15)68(113-17)45-72(106)102-43-29-34-67(102)77(114-18)59(10)78(107)97-66(44-60-30-24-22-25-31-60)79(108)91-46-61-36-38-64(39-37-61)95-80(109)65(33-28-41-87)96-81(110)73(55(3)4)98-71(105)52-115-51-70(104)94-53-85(11,12)54-116-86(13,21-2)40-42-89-49-63(88)50-90-69(103)35-27-23-26-32-62-47-92-84(117-19)93-48-62/h22,24-25,30-31,36-39,47-49,55-59,65-68,73-77,89H,20-21,23,27-29,33-35,40-46,50-54,87-88H2,1-19H3,(H,90,103)(H,91,108)(H,94,104)(H,95,109)(H,96,110)(H,97,107)(H,98,105)(H,99,111)/b63-49-/t58-,59+,65-,66-,67-,68+,73?,74?,75-,76-,77+,86?/m0/s1. The minimum atomic E-state index is -1.08. The van der Waals surface area contributed by atoms with Crippen molar-refractivity contribution in [1.29, 1.82) is 0 Å². The number of nitrogens with two attached hydrogens (primary N) is 2. The number of thioether (sulfide) groups is 1. The maximum atomic E-state index is 14.7. The van der Waals surface area contributed by atoms with E-state index in [0.29, 0.717) is 99.6 Å². The van der Waals surface area contributed by atoms with Crippen LogP contribution in [0.4, 0.5) is 5.69 Å². The third kappa shape index (κ3) is 34.6. The molecule has 13 N–H and O–H groups in total. The van der Waals surface area contributed by atoms with Crippen LogP contribution in [0, 0.1) is 46.8 Å². The number of unbranched alkanes of at least 4 members (excludes halogenated alkanes) is 1. The Morgan fingerprint density at radius 3 is 1.99 bits per heavy atom. The minimum absolute atomic E-state index is 0.00787. The number of amides is 10. The number of likely N-dealkylation sites (N-methyl/N-ethyl adjacent to an activating group) is 2. The van der Waals surface area contributed by atoms with Crippen LogP contribution in [-0.2, 0) is 79.9 Å². The highest BCUT2D eigenvalue weighted by Crippen LogP contribution is 2.31. The van der Waals surface area contributed by atoms with Gasteiger partial charge in [-0.3, -0.25) is 52.8 Å². The SMILES string of the molecule is CC[C@H](C)[C@@H]([C@@H](CC(=O)N1CCC[C@H]1[C@H](OC)[C@@H](C)C(=O)N[C@@H](Cc1ccccc1)C(=O)NCc1ccc(NC(=O)[C@H](CCCN)NC(=O)C(NC(=O)COCC(=O)NCC(C)(C)COC(C)(CC)CCN/C=C(\N)CNC(=O)CCCC#Cc2cnc(SC)nc2)C(C)C)cc1)OC)N(C)C(=O)C(NC(=O)[C@H](C(C)C)N(C)C)C(C)C. The van der Waals surface area contributed by atoms with E-state index in [4.69, 9.17) is 30.4 Å². The topological polar surface area (TPSA) is 403 Å². The fourth-order valence-electron chi connectivity index (χ4n) is 13.9. The van der Waals surface area contributed by atoms with Crippen molar-refractivity contribution in [1.82, 2.24) is 67.2 Å². The molecule has 30 nitrogen and oxygen atoms in total.